The van der Waals surface area contributed by atoms with E-state index in [-0.39, 0.29) is 86.4 Å². The molecule has 2 aromatic carbocycles. The van der Waals surface area contributed by atoms with E-state index in [9.17, 15) is 45.1 Å². The summed E-state index contributed by atoms with van der Waals surface area (Å²) in [7, 11) is -9.64. The number of carbonyl (C=O) groups excluding carboxylic acids is 4. The van der Waals surface area contributed by atoms with Crippen LogP contribution in [0.5, 0.6) is 0 Å². The summed E-state index contributed by atoms with van der Waals surface area (Å²) >= 11 is 0. The molecule has 0 saturated heterocycles. The van der Waals surface area contributed by atoms with Crippen molar-refractivity contribution < 1.29 is 64.1 Å². The summed E-state index contributed by atoms with van der Waals surface area (Å²) in [6.07, 6.45) is 84.3. The molecule has 0 fully saturated rings. The van der Waals surface area contributed by atoms with Crippen LogP contribution in [0.15, 0.2) is 94.8 Å². The molecule has 17 heteroatoms. The van der Waals surface area contributed by atoms with Crippen molar-refractivity contribution in [2.75, 3.05) is 26.4 Å². The third-order valence-electron chi connectivity index (χ3n) is 19.0. The van der Waals surface area contributed by atoms with Crippen molar-refractivity contribution in [3.8, 4) is 0 Å². The average Bonchev–Trinajstić information content (AvgIpc) is 0.816. The zero-order valence-electron chi connectivity index (χ0n) is 66.7. The molecule has 0 aliphatic heterocycles. The molecular formula is C88H146CaO14S2. The van der Waals surface area contributed by atoms with Crippen LogP contribution < -0.4 is 0 Å². The van der Waals surface area contributed by atoms with Gasteiger partial charge in [-0.2, -0.15) is 0 Å². The van der Waals surface area contributed by atoms with Gasteiger partial charge in [-0.1, -0.05) is 307 Å². The maximum absolute atomic E-state index is 12.9. The van der Waals surface area contributed by atoms with Crippen LogP contribution in [0.1, 0.15) is 429 Å². The first-order valence-electron chi connectivity index (χ1n) is 42.1. The average molecular weight is 1530 g/mol. The number of rotatable bonds is 70. The van der Waals surface area contributed by atoms with Crippen molar-refractivity contribution in [2.24, 2.45) is 0 Å². The van der Waals surface area contributed by atoms with Crippen molar-refractivity contribution in [3.63, 3.8) is 0 Å². The molecule has 0 aliphatic rings. The van der Waals surface area contributed by atoms with Gasteiger partial charge >= 0.3 is 61.6 Å². The molecule has 0 saturated carbocycles. The SMILES string of the molecule is CCCCCCCCC/C=C/CCCCCCCOC(=O)c1ccc(S(=O)(=O)[O-])cc1C(=O)OCCCCCCC/C=C/CCCCCCCCC.CCCCCCCCC/C=C/CCCCCCCOC(=O)c1ccc(S(=O)(=O)[O-])cc1C(=O)OCCCCCCC/C=C/CCCCCCCCC.[Ca+2]. The van der Waals surface area contributed by atoms with E-state index in [1.165, 1.54) is 205 Å². The van der Waals surface area contributed by atoms with E-state index in [4.69, 9.17) is 18.9 Å². The van der Waals surface area contributed by atoms with E-state index in [0.29, 0.717) is 25.7 Å². The van der Waals surface area contributed by atoms with Gasteiger partial charge in [0.25, 0.3) is 0 Å². The van der Waals surface area contributed by atoms with Gasteiger partial charge in [-0.15, -0.1) is 0 Å². The summed E-state index contributed by atoms with van der Waals surface area (Å²) in [6, 6.07) is 6.23. The van der Waals surface area contributed by atoms with Gasteiger partial charge in [-0.05, 0) is 165 Å². The first-order valence-corrected chi connectivity index (χ1v) is 44.9. The molecule has 0 N–H and O–H groups in total. The number of hydrogen-bond donors (Lipinski definition) is 0. The van der Waals surface area contributed by atoms with Crippen LogP contribution in [-0.4, -0.2) is 114 Å². The van der Waals surface area contributed by atoms with E-state index in [1.54, 1.807) is 0 Å². The Morgan fingerprint density at radius 3 is 0.600 bits per heavy atom. The molecule has 105 heavy (non-hydrogen) atoms. The molecular weight excluding hydrogens is 1390 g/mol. The Hall–Kier alpha value is -3.64. The minimum Gasteiger partial charge on any atom is -0.744 e. The zero-order valence-corrected chi connectivity index (χ0v) is 70.6. The van der Waals surface area contributed by atoms with E-state index in [0.717, 1.165) is 165 Å². The van der Waals surface area contributed by atoms with E-state index >= 15 is 0 Å². The van der Waals surface area contributed by atoms with Gasteiger partial charge in [0.2, 0.25) is 0 Å². The summed E-state index contributed by atoms with van der Waals surface area (Å²) in [5, 5.41) is 0. The molecule has 0 heterocycles. The first kappa shape index (κ1) is 101. The largest absolute Gasteiger partial charge is 2.00 e. The molecule has 0 aromatic heterocycles. The second-order valence-corrected chi connectivity index (χ2v) is 31.4. The molecule has 0 bridgehead atoms. The summed E-state index contributed by atoms with van der Waals surface area (Å²) in [6.45, 7) is 9.69. The number of allylic oxidation sites excluding steroid dienone is 8. The molecule has 0 radical (unpaired) electrons. The molecule has 0 atom stereocenters. The number of unbranched alkanes of at least 4 members (excludes halogenated alkanes) is 48. The van der Waals surface area contributed by atoms with Crippen molar-refractivity contribution in [1.82, 2.24) is 0 Å². The topological polar surface area (TPSA) is 220 Å². The minimum atomic E-state index is -4.82. The Kier molecular flexibility index (Phi) is 70.6. The number of hydrogen-bond acceptors (Lipinski definition) is 14. The van der Waals surface area contributed by atoms with Crippen LogP contribution in [0.2, 0.25) is 0 Å². The van der Waals surface area contributed by atoms with Crippen LogP contribution in [-0.2, 0) is 39.2 Å². The molecule has 0 spiro atoms. The number of ether oxygens (including phenoxy) is 4. The number of esters is 4. The van der Waals surface area contributed by atoms with E-state index < -0.39 is 53.9 Å². The monoisotopic (exact) mass is 1530 g/mol. The first-order chi connectivity index (χ1) is 50.6. The zero-order chi connectivity index (χ0) is 75.9. The fraction of sp³-hybridized carbons (Fsp3) is 0.727. The molecule has 14 nitrogen and oxygen atoms in total. The van der Waals surface area contributed by atoms with Crippen LogP contribution in [0.25, 0.3) is 0 Å². The van der Waals surface area contributed by atoms with E-state index in [1.807, 2.05) is 0 Å². The van der Waals surface area contributed by atoms with Crippen LogP contribution >= 0.6 is 0 Å². The molecule has 0 aliphatic carbocycles. The fourth-order valence-electron chi connectivity index (χ4n) is 12.4. The summed E-state index contributed by atoms with van der Waals surface area (Å²) in [5.74, 6) is -3.13. The minimum absolute atomic E-state index is 0. The number of carbonyl (C=O) groups is 4. The quantitative estimate of drug-likeness (QED) is 0.0150. The maximum atomic E-state index is 12.9. The summed E-state index contributed by atoms with van der Waals surface area (Å²) in [4.78, 5) is 50.3. The molecule has 596 valence electrons. The predicted octanol–water partition coefficient (Wildman–Crippen LogP) is 25.6. The third kappa shape index (κ3) is 60.8. The summed E-state index contributed by atoms with van der Waals surface area (Å²) < 4.78 is 91.4. The second kappa shape index (κ2) is 73.2. The van der Waals surface area contributed by atoms with Crippen LogP contribution in [0.4, 0.5) is 0 Å². The van der Waals surface area contributed by atoms with Crippen molar-refractivity contribution >= 4 is 81.9 Å². The standard InChI is InChI=1S/2C44H74O7S.Ca/c2*1-3-5-7-9-11-13-15-17-19-21-23-25-27-29-31-33-37-50-43(45)41-36-35-40(52(47,48)49)39-42(41)44(46)51-38-34-32-30-28-26-24-22-20-18-16-14-12-10-8-6-4-2;/h2*19-22,35-36,39H,3-18,23-34,37-38H2,1-2H3,(H,47,48,49);/q;;+2/p-2/b2*21-19+,22-20+;. The van der Waals surface area contributed by atoms with Gasteiger partial charge in [-0.3, -0.25) is 0 Å². The Labute approximate surface area is 671 Å². The number of benzene rings is 2. The van der Waals surface area contributed by atoms with E-state index in [2.05, 4.69) is 76.3 Å². The molecule has 2 aromatic rings. The second-order valence-electron chi connectivity index (χ2n) is 28.6. The van der Waals surface area contributed by atoms with Crippen LogP contribution in [0, 0.1) is 0 Å². The fourth-order valence-corrected chi connectivity index (χ4v) is 13.4. The van der Waals surface area contributed by atoms with Gasteiger partial charge in [0.05, 0.1) is 58.5 Å². The normalized spacial score (nSPS) is 11.8. The van der Waals surface area contributed by atoms with Crippen molar-refractivity contribution in [2.45, 2.75) is 397 Å². The Morgan fingerprint density at radius 1 is 0.257 bits per heavy atom. The third-order valence-corrected chi connectivity index (χ3v) is 20.7. The smallest absolute Gasteiger partial charge is 0.744 e. The Balaban J connectivity index is 0.00000204. The Bertz CT molecular complexity index is 2610. The molecule has 2 rings (SSSR count). The van der Waals surface area contributed by atoms with Gasteiger partial charge in [0.15, 0.2) is 0 Å². The van der Waals surface area contributed by atoms with Crippen molar-refractivity contribution in [3.05, 3.63) is 107 Å². The predicted molar refractivity (Wildman–Crippen MR) is 434 cm³/mol. The van der Waals surface area contributed by atoms with Crippen LogP contribution in [0.3, 0.4) is 0 Å². The van der Waals surface area contributed by atoms with Crippen molar-refractivity contribution in [1.29, 1.82) is 0 Å². The van der Waals surface area contributed by atoms with Gasteiger partial charge in [0.1, 0.15) is 20.2 Å². The van der Waals surface area contributed by atoms with Gasteiger partial charge in [-0.25, -0.2) is 36.0 Å². The van der Waals surface area contributed by atoms with Gasteiger partial charge < -0.3 is 28.1 Å². The van der Waals surface area contributed by atoms with Gasteiger partial charge in [0, 0.05) is 0 Å². The molecule has 0 unspecified atom stereocenters. The summed E-state index contributed by atoms with van der Waals surface area (Å²) in [5.41, 5.74) is -0.711. The Morgan fingerprint density at radius 2 is 0.419 bits per heavy atom. The maximum Gasteiger partial charge on any atom is 2.00 e. The molecule has 0 amide bonds.